The maximum absolute atomic E-state index is 11.8. The number of likely N-dealkylation sites (tertiary alicyclic amines) is 1. The molecule has 0 radical (unpaired) electrons. The molecule has 1 N–H and O–H groups in total. The van der Waals surface area contributed by atoms with Crippen LogP contribution in [0.2, 0.25) is 0 Å². The van der Waals surface area contributed by atoms with Crippen molar-refractivity contribution in [2.45, 2.75) is 38.9 Å². The molecule has 0 saturated carbocycles. The number of fused-ring (bicyclic) bond motifs is 1. The number of ether oxygens (including phenoxy) is 2. The van der Waals surface area contributed by atoms with Crippen LogP contribution in [0, 0.1) is 23.7 Å². The van der Waals surface area contributed by atoms with Gasteiger partial charge in [-0.2, -0.15) is 5.26 Å². The molecule has 34 heavy (non-hydrogen) atoms. The average Bonchev–Trinajstić information content (AvgIpc) is 3.44. The molecule has 0 aromatic heterocycles. The molecule has 0 unspecified atom stereocenters. The fourth-order valence-electron chi connectivity index (χ4n) is 5.84. The van der Waals surface area contributed by atoms with Crippen LogP contribution in [0.4, 0.5) is 5.69 Å². The summed E-state index contributed by atoms with van der Waals surface area (Å²) >= 11 is 0. The summed E-state index contributed by atoms with van der Waals surface area (Å²) in [5.41, 5.74) is 5.33. The Kier molecular flexibility index (Phi) is 5.97. The Morgan fingerprint density at radius 2 is 1.97 bits per heavy atom. The molecule has 3 aliphatic rings. The van der Waals surface area contributed by atoms with Gasteiger partial charge in [-0.3, -0.25) is 0 Å². The van der Waals surface area contributed by atoms with Gasteiger partial charge in [0.1, 0.15) is 12.4 Å². The van der Waals surface area contributed by atoms with E-state index in [4.69, 9.17) is 9.47 Å². The summed E-state index contributed by atoms with van der Waals surface area (Å²) in [4.78, 5) is 16.5. The Morgan fingerprint density at radius 3 is 2.71 bits per heavy atom. The van der Waals surface area contributed by atoms with E-state index < -0.39 is 6.10 Å². The highest BCUT2D eigenvalue weighted by Crippen LogP contribution is 2.44. The van der Waals surface area contributed by atoms with E-state index in [9.17, 15) is 15.2 Å². The maximum atomic E-state index is 11.8. The number of anilines is 1. The minimum absolute atomic E-state index is 0.273. The third-order valence-corrected chi connectivity index (χ3v) is 8.00. The van der Waals surface area contributed by atoms with E-state index in [1.165, 1.54) is 0 Å². The molecule has 2 saturated heterocycles. The van der Waals surface area contributed by atoms with Gasteiger partial charge in [0.05, 0.1) is 36.1 Å². The molecule has 7 nitrogen and oxygen atoms in total. The Balaban J connectivity index is 1.21. The predicted molar refractivity (Wildman–Crippen MR) is 128 cm³/mol. The normalized spacial score (nSPS) is 20.2. The lowest BCUT2D eigenvalue weighted by molar-refractivity contribution is 0.0534. The topological polar surface area (TPSA) is 86.0 Å². The molecule has 5 rings (SSSR count). The van der Waals surface area contributed by atoms with Gasteiger partial charge in [0.2, 0.25) is 0 Å². The first-order valence-electron chi connectivity index (χ1n) is 12.0. The highest BCUT2D eigenvalue weighted by Gasteiger charge is 2.41. The number of hydrogen-bond acceptors (Lipinski definition) is 7. The summed E-state index contributed by atoms with van der Waals surface area (Å²) in [6.45, 7) is 6.76. The minimum atomic E-state index is -0.585. The lowest BCUT2D eigenvalue weighted by Crippen LogP contribution is -2.43. The van der Waals surface area contributed by atoms with E-state index in [0.717, 1.165) is 73.6 Å². The molecule has 178 valence electrons. The fraction of sp³-hybridized carbons (Fsp3) is 0.481. The zero-order valence-electron chi connectivity index (χ0n) is 19.8. The molecule has 1 atom stereocenters. The number of carbonyl (C=O) groups excluding carboxylic acids is 1. The van der Waals surface area contributed by atoms with Crippen LogP contribution in [-0.2, 0) is 11.3 Å². The van der Waals surface area contributed by atoms with Crippen molar-refractivity contribution < 1.29 is 19.4 Å². The molecule has 0 bridgehead atoms. The van der Waals surface area contributed by atoms with Crippen molar-refractivity contribution in [2.75, 3.05) is 44.7 Å². The van der Waals surface area contributed by atoms with Crippen LogP contribution in [-0.4, -0.2) is 55.8 Å². The summed E-state index contributed by atoms with van der Waals surface area (Å²) in [5, 5.41) is 20.2. The van der Waals surface area contributed by atoms with Crippen LogP contribution in [0.25, 0.3) is 0 Å². The summed E-state index contributed by atoms with van der Waals surface area (Å²) < 4.78 is 10.7. The zero-order valence-corrected chi connectivity index (χ0v) is 19.8. The number of methoxy groups -OCH3 is 1. The predicted octanol–water partition coefficient (Wildman–Crippen LogP) is 3.57. The van der Waals surface area contributed by atoms with E-state index in [-0.39, 0.29) is 11.4 Å². The third-order valence-electron chi connectivity index (χ3n) is 8.00. The number of aliphatic hydroxyl groups excluding tert-OH is 1. The number of β-amino-alcohol motifs (C(OH)–C–C–N with tert-alkyl or cyclic N) is 1. The first-order chi connectivity index (χ1) is 16.4. The third kappa shape index (κ3) is 4.02. The molecule has 7 heteroatoms. The van der Waals surface area contributed by atoms with Gasteiger partial charge < -0.3 is 24.4 Å². The zero-order chi connectivity index (χ0) is 23.9. The highest BCUT2D eigenvalue weighted by molar-refractivity contribution is 5.93. The second-order valence-corrected chi connectivity index (χ2v) is 9.87. The summed E-state index contributed by atoms with van der Waals surface area (Å²) in [6.07, 6.45) is 2.75. The van der Waals surface area contributed by atoms with Crippen LogP contribution >= 0.6 is 0 Å². The van der Waals surface area contributed by atoms with Gasteiger partial charge in [0, 0.05) is 31.3 Å². The monoisotopic (exact) mass is 461 g/mol. The average molecular weight is 462 g/mol. The SMILES string of the molecule is COc1cc(C#N)ccc1N1CCC2(CCN(C[C@H](O)c3ccc4c(c3C)COC4=O)CC2)C1. The van der Waals surface area contributed by atoms with Crippen molar-refractivity contribution in [3.63, 3.8) is 0 Å². The van der Waals surface area contributed by atoms with E-state index in [2.05, 4.69) is 15.9 Å². The number of carbonyl (C=O) groups is 1. The Bertz CT molecular complexity index is 1150. The van der Waals surface area contributed by atoms with E-state index in [1.54, 1.807) is 13.2 Å². The van der Waals surface area contributed by atoms with Gasteiger partial charge in [-0.1, -0.05) is 6.07 Å². The fourth-order valence-corrected chi connectivity index (χ4v) is 5.84. The second kappa shape index (κ2) is 8.94. The lowest BCUT2D eigenvalue weighted by atomic mass is 9.77. The van der Waals surface area contributed by atoms with E-state index >= 15 is 0 Å². The molecule has 2 aromatic carbocycles. The molecule has 1 spiro atoms. The number of rotatable bonds is 5. The van der Waals surface area contributed by atoms with Crippen molar-refractivity contribution in [1.82, 2.24) is 4.90 Å². The van der Waals surface area contributed by atoms with Crippen molar-refractivity contribution in [3.8, 4) is 11.8 Å². The van der Waals surface area contributed by atoms with Crippen LogP contribution < -0.4 is 9.64 Å². The molecule has 3 aliphatic heterocycles. The van der Waals surface area contributed by atoms with Crippen molar-refractivity contribution in [3.05, 3.63) is 58.1 Å². The van der Waals surface area contributed by atoms with Gasteiger partial charge >= 0.3 is 5.97 Å². The van der Waals surface area contributed by atoms with Gasteiger partial charge in [-0.15, -0.1) is 0 Å². The quantitative estimate of drug-likeness (QED) is 0.681. The number of nitrogens with zero attached hydrogens (tertiary/aromatic N) is 3. The molecular formula is C27H31N3O4. The first-order valence-corrected chi connectivity index (χ1v) is 12.0. The summed E-state index contributed by atoms with van der Waals surface area (Å²) in [6, 6.07) is 11.5. The number of nitriles is 1. The number of benzene rings is 2. The lowest BCUT2D eigenvalue weighted by Gasteiger charge is -2.40. The number of esters is 1. The second-order valence-electron chi connectivity index (χ2n) is 9.87. The highest BCUT2D eigenvalue weighted by atomic mass is 16.5. The van der Waals surface area contributed by atoms with Gasteiger partial charge in [-0.05, 0) is 74.0 Å². The van der Waals surface area contributed by atoms with E-state index in [0.29, 0.717) is 24.3 Å². The summed E-state index contributed by atoms with van der Waals surface area (Å²) in [7, 11) is 1.66. The minimum Gasteiger partial charge on any atom is -0.495 e. The van der Waals surface area contributed by atoms with Crippen LogP contribution in [0.1, 0.15) is 58.0 Å². The largest absolute Gasteiger partial charge is 0.495 e. The number of piperidine rings is 1. The Hall–Kier alpha value is -3.08. The molecular weight excluding hydrogens is 430 g/mol. The molecule has 2 fully saturated rings. The van der Waals surface area contributed by atoms with Gasteiger partial charge in [0.15, 0.2) is 0 Å². The van der Waals surface area contributed by atoms with Crippen molar-refractivity contribution in [2.24, 2.45) is 5.41 Å². The molecule has 0 amide bonds. The first kappa shape index (κ1) is 22.7. The maximum Gasteiger partial charge on any atom is 0.338 e. The van der Waals surface area contributed by atoms with Gasteiger partial charge in [-0.25, -0.2) is 4.79 Å². The van der Waals surface area contributed by atoms with Crippen LogP contribution in [0.3, 0.4) is 0 Å². The van der Waals surface area contributed by atoms with E-state index in [1.807, 2.05) is 31.2 Å². The summed E-state index contributed by atoms with van der Waals surface area (Å²) in [5.74, 6) is 0.484. The molecule has 0 aliphatic carbocycles. The molecule has 2 aromatic rings. The van der Waals surface area contributed by atoms with Crippen molar-refractivity contribution >= 4 is 11.7 Å². The number of aliphatic hydroxyl groups is 1. The standard InChI is InChI=1S/C27H31N3O4/c1-18-20(4-5-21-22(18)16-34-26(21)32)24(31)15-29-10-7-27(8-11-29)9-12-30(17-27)23-6-3-19(14-28)13-25(23)33-2/h3-6,13,24,31H,7-12,15-17H2,1-2H3/t24-/m0/s1. The Morgan fingerprint density at radius 1 is 1.21 bits per heavy atom. The smallest absolute Gasteiger partial charge is 0.338 e. The van der Waals surface area contributed by atoms with Crippen LogP contribution in [0.15, 0.2) is 30.3 Å². The van der Waals surface area contributed by atoms with Crippen LogP contribution in [0.5, 0.6) is 5.75 Å². The Labute approximate surface area is 200 Å². The van der Waals surface area contributed by atoms with Gasteiger partial charge in [0.25, 0.3) is 0 Å². The number of hydrogen-bond donors (Lipinski definition) is 1. The number of cyclic esters (lactones) is 1. The van der Waals surface area contributed by atoms with Crippen molar-refractivity contribution in [1.29, 1.82) is 5.26 Å². The molecule has 3 heterocycles.